The highest BCUT2D eigenvalue weighted by Crippen LogP contribution is 2.28. The van der Waals surface area contributed by atoms with Crippen molar-refractivity contribution in [3.8, 4) is 0 Å². The number of aromatic nitrogens is 4. The first-order valence-corrected chi connectivity index (χ1v) is 10.7. The number of nitrogens with zero attached hydrogens (tertiary/aromatic N) is 5. The summed E-state index contributed by atoms with van der Waals surface area (Å²) in [5.74, 6) is 0.956. The second-order valence-electron chi connectivity index (χ2n) is 8.27. The first-order valence-electron chi connectivity index (χ1n) is 10.7. The summed E-state index contributed by atoms with van der Waals surface area (Å²) in [6, 6.07) is 15.7. The van der Waals surface area contributed by atoms with Crippen molar-refractivity contribution >= 4 is 51.6 Å². The molecule has 4 aromatic rings. The number of anilines is 6. The predicted octanol–water partition coefficient (Wildman–Crippen LogP) is 4.92. The lowest BCUT2D eigenvalue weighted by molar-refractivity contribution is -0.114. The Morgan fingerprint density at radius 2 is 1.70 bits per heavy atom. The van der Waals surface area contributed by atoms with E-state index in [1.807, 2.05) is 72.1 Å². The van der Waals surface area contributed by atoms with Crippen molar-refractivity contribution in [3.63, 3.8) is 0 Å². The number of hydrogen-bond donors (Lipinski definition) is 3. The Balaban J connectivity index is 1.71. The number of benzene rings is 2. The van der Waals surface area contributed by atoms with Gasteiger partial charge in [-0.05, 0) is 56.3 Å². The topological polar surface area (TPSA) is 100 Å². The van der Waals surface area contributed by atoms with E-state index in [0.717, 1.165) is 28.4 Å². The summed E-state index contributed by atoms with van der Waals surface area (Å²) in [5.41, 5.74) is 4.94. The minimum Gasteiger partial charge on any atom is -0.378 e. The lowest BCUT2D eigenvalue weighted by Gasteiger charge is -2.15. The largest absolute Gasteiger partial charge is 0.378 e. The van der Waals surface area contributed by atoms with Gasteiger partial charge < -0.3 is 25.4 Å². The van der Waals surface area contributed by atoms with E-state index in [9.17, 15) is 4.79 Å². The first-order chi connectivity index (χ1) is 15.8. The minimum atomic E-state index is -0.110. The lowest BCUT2D eigenvalue weighted by Crippen LogP contribution is -2.09. The molecule has 0 spiro atoms. The lowest BCUT2D eigenvalue weighted by atomic mass is 10.2. The van der Waals surface area contributed by atoms with E-state index in [1.165, 1.54) is 6.92 Å². The van der Waals surface area contributed by atoms with Crippen molar-refractivity contribution in [1.82, 2.24) is 19.5 Å². The Kier molecular flexibility index (Phi) is 6.12. The molecule has 0 radical (unpaired) electrons. The van der Waals surface area contributed by atoms with Crippen molar-refractivity contribution in [1.29, 1.82) is 0 Å². The van der Waals surface area contributed by atoms with Crippen LogP contribution in [0.1, 0.15) is 26.8 Å². The van der Waals surface area contributed by atoms with Gasteiger partial charge in [0.25, 0.3) is 0 Å². The van der Waals surface area contributed by atoms with Crippen LogP contribution in [-0.2, 0) is 4.79 Å². The van der Waals surface area contributed by atoms with Crippen LogP contribution < -0.4 is 20.9 Å². The smallest absolute Gasteiger partial charge is 0.231 e. The van der Waals surface area contributed by atoms with Gasteiger partial charge >= 0.3 is 0 Å². The molecule has 0 aliphatic carbocycles. The molecule has 0 atom stereocenters. The standard InChI is InChI=1S/C24H28N8O/c1-15(2)32-14-25-21-22(27-18-11-9-17(10-12-18)26-16(3)33)29-24(30-23(21)32)28-19-7-6-8-20(13-19)31(4)5/h6-15H,1-5H3,(H,26,33)(H2,27,28,29,30). The van der Waals surface area contributed by atoms with Crippen molar-refractivity contribution in [2.45, 2.75) is 26.8 Å². The van der Waals surface area contributed by atoms with Crippen molar-refractivity contribution in [2.75, 3.05) is 34.9 Å². The van der Waals surface area contributed by atoms with Gasteiger partial charge in [-0.1, -0.05) is 6.07 Å². The van der Waals surface area contributed by atoms with Gasteiger partial charge in [0.15, 0.2) is 17.0 Å². The molecule has 2 aromatic carbocycles. The van der Waals surface area contributed by atoms with Crippen LogP contribution >= 0.6 is 0 Å². The molecule has 0 unspecified atom stereocenters. The van der Waals surface area contributed by atoms with Crippen molar-refractivity contribution < 1.29 is 4.79 Å². The van der Waals surface area contributed by atoms with Crippen LogP contribution in [0.3, 0.4) is 0 Å². The Labute approximate surface area is 192 Å². The van der Waals surface area contributed by atoms with Crippen LogP contribution in [0.2, 0.25) is 0 Å². The number of carbonyl (C=O) groups is 1. The third-order valence-corrected chi connectivity index (χ3v) is 5.06. The Morgan fingerprint density at radius 1 is 0.970 bits per heavy atom. The van der Waals surface area contributed by atoms with Crippen LogP contribution in [0.4, 0.5) is 34.5 Å². The molecule has 170 valence electrons. The Bertz CT molecular complexity index is 1280. The maximum atomic E-state index is 11.3. The molecular weight excluding hydrogens is 416 g/mol. The van der Waals surface area contributed by atoms with Gasteiger partial charge in [-0.25, -0.2) is 4.98 Å². The number of hydrogen-bond acceptors (Lipinski definition) is 7. The number of carbonyl (C=O) groups excluding carboxylic acids is 1. The van der Waals surface area contributed by atoms with Gasteiger partial charge in [-0.15, -0.1) is 0 Å². The van der Waals surface area contributed by atoms with E-state index in [4.69, 9.17) is 9.97 Å². The summed E-state index contributed by atoms with van der Waals surface area (Å²) >= 11 is 0. The third-order valence-electron chi connectivity index (χ3n) is 5.06. The average molecular weight is 445 g/mol. The van der Waals surface area contributed by atoms with Gasteiger partial charge in [0.2, 0.25) is 11.9 Å². The Morgan fingerprint density at radius 3 is 2.36 bits per heavy atom. The zero-order valence-corrected chi connectivity index (χ0v) is 19.4. The fourth-order valence-electron chi connectivity index (χ4n) is 3.41. The summed E-state index contributed by atoms with van der Waals surface area (Å²) in [5, 5.41) is 9.44. The second kappa shape index (κ2) is 9.15. The zero-order valence-electron chi connectivity index (χ0n) is 19.4. The molecule has 2 heterocycles. The van der Waals surface area contributed by atoms with E-state index in [-0.39, 0.29) is 11.9 Å². The molecule has 0 saturated heterocycles. The van der Waals surface area contributed by atoms with Gasteiger partial charge in [0.05, 0.1) is 6.33 Å². The summed E-state index contributed by atoms with van der Waals surface area (Å²) in [4.78, 5) is 27.3. The van der Waals surface area contributed by atoms with E-state index in [0.29, 0.717) is 17.3 Å². The maximum absolute atomic E-state index is 11.3. The van der Waals surface area contributed by atoms with E-state index >= 15 is 0 Å². The molecule has 0 aliphatic heterocycles. The third kappa shape index (κ3) is 5.03. The predicted molar refractivity (Wildman–Crippen MR) is 134 cm³/mol. The minimum absolute atomic E-state index is 0.110. The molecule has 33 heavy (non-hydrogen) atoms. The van der Waals surface area contributed by atoms with Gasteiger partial charge in [-0.2, -0.15) is 9.97 Å². The van der Waals surface area contributed by atoms with E-state index in [2.05, 4.69) is 34.8 Å². The Hall–Kier alpha value is -4.14. The molecule has 0 fully saturated rings. The molecule has 4 rings (SSSR count). The highest BCUT2D eigenvalue weighted by atomic mass is 16.1. The van der Waals surface area contributed by atoms with Gasteiger partial charge in [-0.3, -0.25) is 4.79 Å². The van der Waals surface area contributed by atoms with Crippen LogP contribution in [0, 0.1) is 0 Å². The number of rotatable bonds is 7. The summed E-state index contributed by atoms with van der Waals surface area (Å²) in [7, 11) is 4.00. The fraction of sp³-hybridized carbons (Fsp3) is 0.250. The highest BCUT2D eigenvalue weighted by molar-refractivity contribution is 5.90. The normalized spacial score (nSPS) is 11.0. The van der Waals surface area contributed by atoms with Crippen LogP contribution in [0.25, 0.3) is 11.2 Å². The van der Waals surface area contributed by atoms with Crippen LogP contribution in [0.15, 0.2) is 54.9 Å². The van der Waals surface area contributed by atoms with Crippen molar-refractivity contribution in [3.05, 3.63) is 54.9 Å². The van der Waals surface area contributed by atoms with Gasteiger partial charge in [0, 0.05) is 49.8 Å². The quantitative estimate of drug-likeness (QED) is 0.372. The zero-order chi connectivity index (χ0) is 23.5. The molecule has 9 heteroatoms. The second-order valence-corrected chi connectivity index (χ2v) is 8.27. The molecule has 2 aromatic heterocycles. The number of fused-ring (bicyclic) bond motifs is 1. The monoisotopic (exact) mass is 444 g/mol. The van der Waals surface area contributed by atoms with Crippen molar-refractivity contribution in [2.24, 2.45) is 0 Å². The molecule has 3 N–H and O–H groups in total. The van der Waals surface area contributed by atoms with Crippen LogP contribution in [0.5, 0.6) is 0 Å². The SMILES string of the molecule is CC(=O)Nc1ccc(Nc2nc(Nc3cccc(N(C)C)c3)nc3c2ncn3C(C)C)cc1. The van der Waals surface area contributed by atoms with Crippen LogP contribution in [-0.4, -0.2) is 39.5 Å². The molecule has 9 nitrogen and oxygen atoms in total. The first kappa shape index (κ1) is 22.1. The van der Waals surface area contributed by atoms with E-state index < -0.39 is 0 Å². The highest BCUT2D eigenvalue weighted by Gasteiger charge is 2.15. The molecule has 0 aliphatic rings. The molecular formula is C24H28N8O. The number of imidazole rings is 1. The molecule has 0 saturated carbocycles. The number of nitrogens with one attached hydrogen (secondary N) is 3. The fourth-order valence-corrected chi connectivity index (χ4v) is 3.41. The average Bonchev–Trinajstić information content (AvgIpc) is 3.19. The summed E-state index contributed by atoms with van der Waals surface area (Å²) in [6.45, 7) is 5.66. The number of amides is 1. The molecule has 0 bridgehead atoms. The van der Waals surface area contributed by atoms with E-state index in [1.54, 1.807) is 6.33 Å². The molecule has 1 amide bonds. The maximum Gasteiger partial charge on any atom is 0.231 e. The van der Waals surface area contributed by atoms with Gasteiger partial charge in [0.1, 0.15) is 0 Å². The summed E-state index contributed by atoms with van der Waals surface area (Å²) in [6.07, 6.45) is 1.78. The summed E-state index contributed by atoms with van der Waals surface area (Å²) < 4.78 is 2.02.